The van der Waals surface area contributed by atoms with Crippen LogP contribution in [0.25, 0.3) is 5.69 Å². The van der Waals surface area contributed by atoms with E-state index < -0.39 is 0 Å². The molecular formula is C18H21N5O. The lowest BCUT2D eigenvalue weighted by Gasteiger charge is -2.23. The van der Waals surface area contributed by atoms with E-state index in [9.17, 15) is 0 Å². The molecule has 4 rings (SSSR count). The largest absolute Gasteiger partial charge is 0.497 e. The molecule has 1 aromatic carbocycles. The molecule has 1 aliphatic rings. The number of hydrogen-bond donors (Lipinski definition) is 0. The highest BCUT2D eigenvalue weighted by Crippen LogP contribution is 2.29. The predicted octanol–water partition coefficient (Wildman–Crippen LogP) is 2.76. The molecule has 24 heavy (non-hydrogen) atoms. The molecular weight excluding hydrogens is 302 g/mol. The van der Waals surface area contributed by atoms with Crippen LogP contribution in [0.2, 0.25) is 0 Å². The Morgan fingerprint density at radius 3 is 2.79 bits per heavy atom. The molecule has 0 amide bonds. The second-order valence-electron chi connectivity index (χ2n) is 6.09. The average Bonchev–Trinajstić information content (AvgIpc) is 3.27. The van der Waals surface area contributed by atoms with Crippen molar-refractivity contribution in [2.24, 2.45) is 0 Å². The molecule has 0 N–H and O–H groups in total. The minimum atomic E-state index is 0.365. The molecule has 124 valence electrons. The van der Waals surface area contributed by atoms with E-state index in [1.807, 2.05) is 35.1 Å². The maximum Gasteiger partial charge on any atom is 0.151 e. The van der Waals surface area contributed by atoms with Gasteiger partial charge in [-0.05, 0) is 43.2 Å². The van der Waals surface area contributed by atoms with E-state index in [1.54, 1.807) is 7.11 Å². The highest BCUT2D eigenvalue weighted by Gasteiger charge is 2.26. The standard InChI is InChI=1S/C18H21N5O/c1-3-17-20-18(13-9-11-22-15(12-13)8-10-19-22)23(21-17)14-4-6-16(24-2)7-5-14/h4-8,10,13H,3,9,11-12H2,1-2H3. The fourth-order valence-electron chi connectivity index (χ4n) is 3.28. The molecule has 0 radical (unpaired) electrons. The van der Waals surface area contributed by atoms with Crippen molar-refractivity contribution >= 4 is 0 Å². The van der Waals surface area contributed by atoms with Crippen molar-refractivity contribution < 1.29 is 4.74 Å². The van der Waals surface area contributed by atoms with Gasteiger partial charge in [0.15, 0.2) is 5.82 Å². The molecule has 0 fully saturated rings. The number of hydrogen-bond acceptors (Lipinski definition) is 4. The molecule has 0 aliphatic carbocycles. The third-order valence-corrected chi connectivity index (χ3v) is 4.62. The zero-order chi connectivity index (χ0) is 16.5. The first-order valence-electron chi connectivity index (χ1n) is 8.39. The van der Waals surface area contributed by atoms with Gasteiger partial charge in [-0.25, -0.2) is 9.67 Å². The van der Waals surface area contributed by atoms with Gasteiger partial charge in [0.05, 0.1) is 12.8 Å². The van der Waals surface area contributed by atoms with Gasteiger partial charge >= 0.3 is 0 Å². The number of aromatic nitrogens is 5. The molecule has 0 saturated heterocycles. The molecule has 3 heterocycles. The molecule has 3 aromatic rings. The lowest BCUT2D eigenvalue weighted by atomic mass is 9.95. The van der Waals surface area contributed by atoms with E-state index in [-0.39, 0.29) is 0 Å². The quantitative estimate of drug-likeness (QED) is 0.741. The summed E-state index contributed by atoms with van der Waals surface area (Å²) in [6, 6.07) is 10.1. The molecule has 0 bridgehead atoms. The predicted molar refractivity (Wildman–Crippen MR) is 90.6 cm³/mol. The van der Waals surface area contributed by atoms with Gasteiger partial charge in [0.2, 0.25) is 0 Å². The number of aryl methyl sites for hydroxylation is 2. The maximum atomic E-state index is 5.25. The Balaban J connectivity index is 1.71. The number of rotatable bonds is 4. The normalized spacial score (nSPS) is 16.8. The van der Waals surface area contributed by atoms with Crippen molar-refractivity contribution in [1.29, 1.82) is 0 Å². The number of nitrogens with zero attached hydrogens (tertiary/aromatic N) is 5. The van der Waals surface area contributed by atoms with E-state index >= 15 is 0 Å². The fraction of sp³-hybridized carbons (Fsp3) is 0.389. The van der Waals surface area contributed by atoms with E-state index in [0.717, 1.165) is 48.9 Å². The average molecular weight is 323 g/mol. The van der Waals surface area contributed by atoms with Gasteiger partial charge in [-0.15, -0.1) is 0 Å². The van der Waals surface area contributed by atoms with Crippen molar-refractivity contribution in [3.63, 3.8) is 0 Å². The first-order valence-corrected chi connectivity index (χ1v) is 8.39. The Morgan fingerprint density at radius 1 is 1.21 bits per heavy atom. The smallest absolute Gasteiger partial charge is 0.151 e. The summed E-state index contributed by atoms with van der Waals surface area (Å²) in [6.45, 7) is 3.03. The number of fused-ring (bicyclic) bond motifs is 1. The Morgan fingerprint density at radius 2 is 2.04 bits per heavy atom. The summed E-state index contributed by atoms with van der Waals surface area (Å²) in [5.74, 6) is 3.14. The monoisotopic (exact) mass is 323 g/mol. The molecule has 1 unspecified atom stereocenters. The summed E-state index contributed by atoms with van der Waals surface area (Å²) in [7, 11) is 1.68. The van der Waals surface area contributed by atoms with Crippen LogP contribution in [0.1, 0.15) is 36.6 Å². The third-order valence-electron chi connectivity index (χ3n) is 4.62. The highest BCUT2D eigenvalue weighted by atomic mass is 16.5. The summed E-state index contributed by atoms with van der Waals surface area (Å²) in [5.41, 5.74) is 2.30. The van der Waals surface area contributed by atoms with Crippen LogP contribution < -0.4 is 4.74 Å². The summed E-state index contributed by atoms with van der Waals surface area (Å²) in [5, 5.41) is 9.08. The Labute approximate surface area is 141 Å². The minimum Gasteiger partial charge on any atom is -0.497 e. The van der Waals surface area contributed by atoms with Crippen molar-refractivity contribution in [2.75, 3.05) is 7.11 Å². The first-order chi connectivity index (χ1) is 11.8. The number of benzene rings is 1. The van der Waals surface area contributed by atoms with Crippen LogP contribution in [0.15, 0.2) is 36.5 Å². The van der Waals surface area contributed by atoms with Crippen LogP contribution in [-0.2, 0) is 19.4 Å². The summed E-state index contributed by atoms with van der Waals surface area (Å²) < 4.78 is 9.34. The number of ether oxygens (including phenoxy) is 1. The molecule has 0 saturated carbocycles. The van der Waals surface area contributed by atoms with Crippen molar-refractivity contribution in [2.45, 2.75) is 38.6 Å². The Hall–Kier alpha value is -2.63. The van der Waals surface area contributed by atoms with Crippen molar-refractivity contribution in [1.82, 2.24) is 24.5 Å². The van der Waals surface area contributed by atoms with Gasteiger partial charge in [0.25, 0.3) is 0 Å². The van der Waals surface area contributed by atoms with E-state index in [1.165, 1.54) is 5.69 Å². The van der Waals surface area contributed by atoms with E-state index in [0.29, 0.717) is 5.92 Å². The molecule has 1 aliphatic heterocycles. The lowest BCUT2D eigenvalue weighted by Crippen LogP contribution is -2.21. The second-order valence-corrected chi connectivity index (χ2v) is 6.09. The van der Waals surface area contributed by atoms with Crippen LogP contribution in [-0.4, -0.2) is 31.7 Å². The summed E-state index contributed by atoms with van der Waals surface area (Å²) in [6.07, 6.45) is 4.70. The SMILES string of the molecule is CCc1nc(C2CCn3nccc3C2)n(-c2ccc(OC)cc2)n1. The van der Waals surface area contributed by atoms with Crippen LogP contribution in [0.5, 0.6) is 5.75 Å². The lowest BCUT2D eigenvalue weighted by molar-refractivity contribution is 0.414. The van der Waals surface area contributed by atoms with Crippen molar-refractivity contribution in [3.05, 3.63) is 53.9 Å². The third kappa shape index (κ3) is 2.58. The Kier molecular flexibility index (Phi) is 3.80. The molecule has 2 aromatic heterocycles. The molecule has 6 heteroatoms. The topological polar surface area (TPSA) is 57.8 Å². The number of methoxy groups -OCH3 is 1. The zero-order valence-corrected chi connectivity index (χ0v) is 14.0. The maximum absolute atomic E-state index is 5.25. The van der Waals surface area contributed by atoms with Crippen molar-refractivity contribution in [3.8, 4) is 11.4 Å². The van der Waals surface area contributed by atoms with Crippen LogP contribution in [0, 0.1) is 0 Å². The molecule has 1 atom stereocenters. The fourth-order valence-corrected chi connectivity index (χ4v) is 3.28. The van der Waals surface area contributed by atoms with Gasteiger partial charge in [-0.2, -0.15) is 10.2 Å². The minimum absolute atomic E-state index is 0.365. The van der Waals surface area contributed by atoms with Gasteiger partial charge < -0.3 is 4.74 Å². The van der Waals surface area contributed by atoms with Crippen LogP contribution in [0.3, 0.4) is 0 Å². The summed E-state index contributed by atoms with van der Waals surface area (Å²) >= 11 is 0. The first kappa shape index (κ1) is 14.9. The van der Waals surface area contributed by atoms with E-state index in [2.05, 4.69) is 22.8 Å². The van der Waals surface area contributed by atoms with Crippen LogP contribution >= 0.6 is 0 Å². The van der Waals surface area contributed by atoms with E-state index in [4.69, 9.17) is 14.8 Å². The molecule has 0 spiro atoms. The van der Waals surface area contributed by atoms with Gasteiger partial charge in [0.1, 0.15) is 11.6 Å². The van der Waals surface area contributed by atoms with Crippen LogP contribution in [0.4, 0.5) is 0 Å². The Bertz CT molecular complexity index is 833. The van der Waals surface area contributed by atoms with Gasteiger partial charge in [-0.3, -0.25) is 4.68 Å². The second kappa shape index (κ2) is 6.11. The van der Waals surface area contributed by atoms with Gasteiger partial charge in [-0.1, -0.05) is 6.92 Å². The molecule has 6 nitrogen and oxygen atoms in total. The summed E-state index contributed by atoms with van der Waals surface area (Å²) in [4.78, 5) is 4.82. The van der Waals surface area contributed by atoms with Gasteiger partial charge in [0, 0.05) is 30.8 Å². The zero-order valence-electron chi connectivity index (χ0n) is 14.0. The highest BCUT2D eigenvalue weighted by molar-refractivity contribution is 5.38.